The fraction of sp³-hybridized carbons (Fsp3) is 0.308. The SMILES string of the molecule is CC1Oc2ccc(C(C)(C#N)C(=O)O)cc2NC1=O. The van der Waals surface area contributed by atoms with E-state index in [-0.39, 0.29) is 5.91 Å². The molecule has 1 aromatic rings. The number of nitrogens with one attached hydrogen (secondary N) is 1. The predicted octanol–water partition coefficient (Wildman–Crippen LogP) is 1.27. The maximum Gasteiger partial charge on any atom is 0.328 e. The third-order valence-corrected chi connectivity index (χ3v) is 3.14. The third kappa shape index (κ3) is 1.99. The number of amides is 1. The highest BCUT2D eigenvalue weighted by Crippen LogP contribution is 2.34. The number of benzene rings is 1. The first-order valence-electron chi connectivity index (χ1n) is 5.65. The van der Waals surface area contributed by atoms with Crippen LogP contribution < -0.4 is 10.1 Å². The van der Waals surface area contributed by atoms with Gasteiger partial charge in [-0.25, -0.2) is 0 Å². The fourth-order valence-corrected chi connectivity index (χ4v) is 1.76. The first-order valence-corrected chi connectivity index (χ1v) is 5.65. The number of nitriles is 1. The number of carbonyl (C=O) groups excluding carboxylic acids is 1. The molecule has 6 heteroatoms. The fourth-order valence-electron chi connectivity index (χ4n) is 1.76. The number of hydrogen-bond donors (Lipinski definition) is 2. The average molecular weight is 260 g/mol. The van der Waals surface area contributed by atoms with Gasteiger partial charge in [0.05, 0.1) is 11.8 Å². The van der Waals surface area contributed by atoms with Gasteiger partial charge in [0.15, 0.2) is 11.5 Å². The van der Waals surface area contributed by atoms with E-state index in [9.17, 15) is 9.59 Å². The lowest BCUT2D eigenvalue weighted by molar-refractivity contribution is -0.141. The van der Waals surface area contributed by atoms with Gasteiger partial charge in [0, 0.05) is 0 Å². The molecule has 1 aromatic carbocycles. The highest BCUT2D eigenvalue weighted by atomic mass is 16.5. The Kier molecular flexibility index (Phi) is 2.91. The monoisotopic (exact) mass is 260 g/mol. The molecule has 0 radical (unpaired) electrons. The second-order valence-electron chi connectivity index (χ2n) is 4.50. The summed E-state index contributed by atoms with van der Waals surface area (Å²) in [5.74, 6) is -1.09. The van der Waals surface area contributed by atoms with Crippen LogP contribution in [0.2, 0.25) is 0 Å². The van der Waals surface area contributed by atoms with Crippen LogP contribution in [0.4, 0.5) is 5.69 Å². The minimum Gasteiger partial charge on any atom is -0.480 e. The largest absolute Gasteiger partial charge is 0.480 e. The molecule has 1 heterocycles. The van der Waals surface area contributed by atoms with Crippen molar-refractivity contribution in [2.75, 3.05) is 5.32 Å². The number of rotatable bonds is 2. The molecule has 0 aromatic heterocycles. The molecule has 1 aliphatic rings. The summed E-state index contributed by atoms with van der Waals surface area (Å²) in [7, 11) is 0. The van der Waals surface area contributed by atoms with Crippen LogP contribution in [0.15, 0.2) is 18.2 Å². The van der Waals surface area contributed by atoms with Gasteiger partial charge >= 0.3 is 5.97 Å². The predicted molar refractivity (Wildman–Crippen MR) is 65.8 cm³/mol. The van der Waals surface area contributed by atoms with Crippen molar-refractivity contribution < 1.29 is 19.4 Å². The van der Waals surface area contributed by atoms with Crippen LogP contribution in [-0.4, -0.2) is 23.1 Å². The Balaban J connectivity index is 2.48. The number of carboxylic acids is 1. The highest BCUT2D eigenvalue weighted by molar-refractivity contribution is 5.98. The van der Waals surface area contributed by atoms with Crippen LogP contribution in [0.25, 0.3) is 0 Å². The zero-order valence-corrected chi connectivity index (χ0v) is 10.4. The Labute approximate surface area is 109 Å². The lowest BCUT2D eigenvalue weighted by atomic mass is 9.84. The smallest absolute Gasteiger partial charge is 0.328 e. The van der Waals surface area contributed by atoms with Crippen molar-refractivity contribution in [2.45, 2.75) is 25.4 Å². The van der Waals surface area contributed by atoms with Gasteiger partial charge in [-0.15, -0.1) is 0 Å². The number of carboxylic acid groups (broad SMARTS) is 1. The molecule has 0 saturated carbocycles. The molecule has 1 aliphatic heterocycles. The van der Waals surface area contributed by atoms with E-state index in [0.717, 1.165) is 0 Å². The lowest BCUT2D eigenvalue weighted by Gasteiger charge is -2.25. The summed E-state index contributed by atoms with van der Waals surface area (Å²) in [6.45, 7) is 2.92. The molecular weight excluding hydrogens is 248 g/mol. The molecule has 6 nitrogen and oxygen atoms in total. The molecule has 2 atom stereocenters. The molecule has 0 saturated heterocycles. The van der Waals surface area contributed by atoms with Crippen molar-refractivity contribution in [3.05, 3.63) is 23.8 Å². The second-order valence-corrected chi connectivity index (χ2v) is 4.50. The normalized spacial score (nSPS) is 20.3. The summed E-state index contributed by atoms with van der Waals surface area (Å²) < 4.78 is 5.36. The molecule has 98 valence electrons. The zero-order valence-electron chi connectivity index (χ0n) is 10.4. The molecule has 2 rings (SSSR count). The molecule has 2 N–H and O–H groups in total. The molecule has 0 bridgehead atoms. The maximum atomic E-state index is 11.5. The van der Waals surface area contributed by atoms with E-state index in [1.807, 2.05) is 0 Å². The van der Waals surface area contributed by atoms with Gasteiger partial charge in [0.2, 0.25) is 0 Å². The van der Waals surface area contributed by atoms with Gasteiger partial charge in [0.25, 0.3) is 5.91 Å². The topological polar surface area (TPSA) is 99.4 Å². The van der Waals surface area contributed by atoms with Crippen LogP contribution in [-0.2, 0) is 15.0 Å². The van der Waals surface area contributed by atoms with Crippen LogP contribution in [0, 0.1) is 11.3 Å². The molecule has 0 spiro atoms. The minimum atomic E-state index is -1.66. The standard InChI is InChI=1S/C13H12N2O4/c1-7-11(16)15-9-5-8(3-4-10(9)19-7)13(2,6-14)12(17)18/h3-5,7H,1-2H3,(H,15,16)(H,17,18). The molecule has 0 fully saturated rings. The van der Waals surface area contributed by atoms with Gasteiger partial charge in [-0.3, -0.25) is 9.59 Å². The van der Waals surface area contributed by atoms with Crippen LogP contribution >= 0.6 is 0 Å². The van der Waals surface area contributed by atoms with Crippen molar-refractivity contribution in [3.63, 3.8) is 0 Å². The summed E-state index contributed by atoms with van der Waals surface area (Å²) >= 11 is 0. The number of anilines is 1. The van der Waals surface area contributed by atoms with Gasteiger partial charge < -0.3 is 15.2 Å². The number of nitrogens with zero attached hydrogens (tertiary/aromatic N) is 1. The van der Waals surface area contributed by atoms with Crippen molar-refractivity contribution in [1.82, 2.24) is 0 Å². The van der Waals surface area contributed by atoms with Crippen molar-refractivity contribution in [3.8, 4) is 11.8 Å². The Hall–Kier alpha value is -2.55. The van der Waals surface area contributed by atoms with E-state index in [2.05, 4.69) is 5.32 Å². The van der Waals surface area contributed by atoms with Crippen molar-refractivity contribution >= 4 is 17.6 Å². The van der Waals surface area contributed by atoms with E-state index in [0.29, 0.717) is 17.0 Å². The van der Waals surface area contributed by atoms with Gasteiger partial charge in [-0.1, -0.05) is 6.07 Å². The van der Waals surface area contributed by atoms with Crippen LogP contribution in [0.3, 0.4) is 0 Å². The number of carbonyl (C=O) groups is 2. The second kappa shape index (κ2) is 4.28. The Morgan fingerprint density at radius 3 is 2.84 bits per heavy atom. The zero-order chi connectivity index (χ0) is 14.2. The Morgan fingerprint density at radius 2 is 2.26 bits per heavy atom. The van der Waals surface area contributed by atoms with E-state index < -0.39 is 17.5 Å². The van der Waals surface area contributed by atoms with E-state index >= 15 is 0 Å². The summed E-state index contributed by atoms with van der Waals surface area (Å²) in [5, 5.41) is 20.8. The van der Waals surface area contributed by atoms with Gasteiger partial charge in [-0.2, -0.15) is 5.26 Å². The maximum absolute atomic E-state index is 11.5. The van der Waals surface area contributed by atoms with Crippen LogP contribution in [0.1, 0.15) is 19.4 Å². The highest BCUT2D eigenvalue weighted by Gasteiger charge is 2.36. The first-order chi connectivity index (χ1) is 8.88. The molecular formula is C13H12N2O4. The summed E-state index contributed by atoms with van der Waals surface area (Å²) in [4.78, 5) is 22.7. The average Bonchev–Trinajstić information content (AvgIpc) is 2.38. The van der Waals surface area contributed by atoms with Crippen molar-refractivity contribution in [1.29, 1.82) is 5.26 Å². The number of ether oxygens (including phenoxy) is 1. The minimum absolute atomic E-state index is 0.291. The molecule has 2 unspecified atom stereocenters. The van der Waals surface area contributed by atoms with Gasteiger partial charge in [0.1, 0.15) is 5.75 Å². The van der Waals surface area contributed by atoms with Gasteiger partial charge in [-0.05, 0) is 31.5 Å². The molecule has 19 heavy (non-hydrogen) atoms. The summed E-state index contributed by atoms with van der Waals surface area (Å²) in [6, 6.07) is 6.29. The van der Waals surface area contributed by atoms with Crippen molar-refractivity contribution in [2.24, 2.45) is 0 Å². The van der Waals surface area contributed by atoms with E-state index in [1.165, 1.54) is 19.1 Å². The quantitative estimate of drug-likeness (QED) is 0.834. The Morgan fingerprint density at radius 1 is 1.58 bits per heavy atom. The first kappa shape index (κ1) is 12.9. The summed E-state index contributed by atoms with van der Waals surface area (Å²) in [6.07, 6.45) is -0.597. The molecule has 0 aliphatic carbocycles. The van der Waals surface area contributed by atoms with Crippen LogP contribution in [0.5, 0.6) is 5.75 Å². The number of fused-ring (bicyclic) bond motifs is 1. The third-order valence-electron chi connectivity index (χ3n) is 3.14. The van der Waals surface area contributed by atoms with E-state index in [1.54, 1.807) is 19.1 Å². The molecule has 1 amide bonds. The Bertz CT molecular complexity index is 605. The van der Waals surface area contributed by atoms with E-state index in [4.69, 9.17) is 15.1 Å². The number of aliphatic carboxylic acids is 1. The summed E-state index contributed by atoms with van der Waals surface area (Å²) in [5.41, 5.74) is -0.994. The lowest BCUT2D eigenvalue weighted by Crippen LogP contribution is -2.35. The number of hydrogen-bond acceptors (Lipinski definition) is 4.